The lowest BCUT2D eigenvalue weighted by Gasteiger charge is -2.03. The van der Waals surface area contributed by atoms with Crippen LogP contribution in [0.4, 0.5) is 8.78 Å². The molecule has 0 unspecified atom stereocenters. The highest BCUT2D eigenvalue weighted by Crippen LogP contribution is 2.24. The first-order valence-corrected chi connectivity index (χ1v) is 4.67. The lowest BCUT2D eigenvalue weighted by molar-refractivity contribution is 0.399. The minimum atomic E-state index is -0.886. The number of allylic oxidation sites excluding steroid dienone is 1. The summed E-state index contributed by atoms with van der Waals surface area (Å²) in [6.45, 7) is 3.17. The van der Waals surface area contributed by atoms with Crippen molar-refractivity contribution in [3.05, 3.63) is 41.0 Å². The van der Waals surface area contributed by atoms with Crippen LogP contribution in [-0.2, 0) is 0 Å². The number of aliphatic hydroxyl groups excluding tert-OH is 1. The summed E-state index contributed by atoms with van der Waals surface area (Å²) in [5, 5.41) is 7.22. The minimum Gasteiger partial charge on any atom is -0.400 e. The van der Waals surface area contributed by atoms with E-state index in [2.05, 4.69) is 0 Å². The Labute approximate surface area is 93.0 Å². The number of aliphatic hydroxyl groups is 1. The monoisotopic (exact) mass is 234 g/mol. The van der Waals surface area contributed by atoms with Gasteiger partial charge in [0.05, 0.1) is 0 Å². The second kappa shape index (κ2) is 6.53. The van der Waals surface area contributed by atoms with Gasteiger partial charge in [0, 0.05) is 17.7 Å². The SMILES string of the molecule is C/C=C(\Cl)c1ccc(C)c(F)c1F.CO. The molecule has 0 fully saturated rings. The van der Waals surface area contributed by atoms with Gasteiger partial charge in [0.2, 0.25) is 0 Å². The van der Waals surface area contributed by atoms with Crippen LogP contribution in [0.25, 0.3) is 5.03 Å². The molecular weight excluding hydrogens is 222 g/mol. The fraction of sp³-hybridized carbons (Fsp3) is 0.273. The van der Waals surface area contributed by atoms with Crippen LogP contribution >= 0.6 is 11.6 Å². The van der Waals surface area contributed by atoms with Gasteiger partial charge in [0.1, 0.15) is 0 Å². The van der Waals surface area contributed by atoms with Gasteiger partial charge >= 0.3 is 0 Å². The maximum atomic E-state index is 13.2. The number of halogens is 3. The van der Waals surface area contributed by atoms with Crippen LogP contribution in [0.1, 0.15) is 18.1 Å². The molecule has 1 N–H and O–H groups in total. The minimum absolute atomic E-state index is 0.104. The molecular formula is C11H13ClF2O. The molecule has 0 saturated carbocycles. The van der Waals surface area contributed by atoms with Crippen LogP contribution in [0.15, 0.2) is 18.2 Å². The van der Waals surface area contributed by atoms with Crippen LogP contribution in [0.2, 0.25) is 0 Å². The van der Waals surface area contributed by atoms with Gasteiger partial charge in [-0.15, -0.1) is 0 Å². The third-order valence-corrected chi connectivity index (χ3v) is 2.21. The highest BCUT2D eigenvalue weighted by molar-refractivity contribution is 6.48. The maximum Gasteiger partial charge on any atom is 0.167 e. The van der Waals surface area contributed by atoms with Crippen LogP contribution < -0.4 is 0 Å². The van der Waals surface area contributed by atoms with E-state index < -0.39 is 11.6 Å². The number of rotatable bonds is 1. The van der Waals surface area contributed by atoms with Crippen LogP contribution in [0.5, 0.6) is 0 Å². The van der Waals surface area contributed by atoms with E-state index in [1.807, 2.05) is 0 Å². The van der Waals surface area contributed by atoms with Crippen molar-refractivity contribution < 1.29 is 13.9 Å². The molecule has 0 saturated heterocycles. The standard InChI is InChI=1S/C10H9ClF2.CH4O/c1-3-8(11)7-5-4-6(2)9(12)10(7)13;1-2/h3-5H,1-2H3;2H,1H3/b8-3-;. The second-order valence-electron chi connectivity index (χ2n) is 2.69. The van der Waals surface area contributed by atoms with Crippen molar-refractivity contribution in [2.75, 3.05) is 7.11 Å². The Morgan fingerprint density at radius 2 is 1.80 bits per heavy atom. The topological polar surface area (TPSA) is 20.2 Å². The van der Waals surface area contributed by atoms with Crippen LogP contribution in [-0.4, -0.2) is 12.2 Å². The van der Waals surface area contributed by atoms with Crippen molar-refractivity contribution in [3.63, 3.8) is 0 Å². The van der Waals surface area contributed by atoms with E-state index in [1.165, 1.54) is 25.1 Å². The third-order valence-electron chi connectivity index (χ3n) is 1.79. The maximum absolute atomic E-state index is 13.2. The first-order valence-electron chi connectivity index (χ1n) is 4.29. The zero-order valence-corrected chi connectivity index (χ0v) is 9.57. The molecule has 0 aromatic heterocycles. The Balaban J connectivity index is 0.000000921. The zero-order valence-electron chi connectivity index (χ0n) is 8.81. The van der Waals surface area contributed by atoms with Crippen molar-refractivity contribution in [1.82, 2.24) is 0 Å². The highest BCUT2D eigenvalue weighted by atomic mass is 35.5. The predicted octanol–water partition coefficient (Wildman–Crippen LogP) is 3.48. The van der Waals surface area contributed by atoms with Gasteiger partial charge in [0.15, 0.2) is 11.6 Å². The number of aryl methyl sites for hydroxylation is 1. The van der Waals surface area contributed by atoms with E-state index in [0.29, 0.717) is 0 Å². The summed E-state index contributed by atoms with van der Waals surface area (Å²) in [6, 6.07) is 2.97. The summed E-state index contributed by atoms with van der Waals surface area (Å²) in [5.41, 5.74) is 0.383. The lowest BCUT2D eigenvalue weighted by Crippen LogP contribution is -1.93. The van der Waals surface area contributed by atoms with Gasteiger partial charge in [-0.1, -0.05) is 29.8 Å². The lowest BCUT2D eigenvalue weighted by atomic mass is 10.1. The molecule has 0 aliphatic rings. The summed E-state index contributed by atoms with van der Waals surface area (Å²) >= 11 is 5.67. The van der Waals surface area contributed by atoms with Gasteiger partial charge < -0.3 is 5.11 Å². The molecule has 0 aliphatic heterocycles. The fourth-order valence-electron chi connectivity index (χ4n) is 0.986. The molecule has 0 aliphatic carbocycles. The summed E-state index contributed by atoms with van der Waals surface area (Å²) in [5.74, 6) is -1.72. The molecule has 0 bridgehead atoms. The van der Waals surface area contributed by atoms with E-state index in [9.17, 15) is 8.78 Å². The van der Waals surface area contributed by atoms with E-state index in [0.717, 1.165) is 7.11 Å². The van der Waals surface area contributed by atoms with E-state index >= 15 is 0 Å². The number of hydrogen-bond acceptors (Lipinski definition) is 1. The largest absolute Gasteiger partial charge is 0.400 e. The Bertz CT molecular complexity index is 362. The quantitative estimate of drug-likeness (QED) is 0.789. The summed E-state index contributed by atoms with van der Waals surface area (Å²) in [6.07, 6.45) is 1.52. The molecule has 0 spiro atoms. The number of hydrogen-bond donors (Lipinski definition) is 1. The summed E-state index contributed by atoms with van der Waals surface area (Å²) < 4.78 is 26.2. The fourth-order valence-corrected chi connectivity index (χ4v) is 1.13. The molecule has 4 heteroatoms. The Kier molecular flexibility index (Phi) is 6.13. The third kappa shape index (κ3) is 3.29. The molecule has 1 aromatic carbocycles. The molecule has 84 valence electrons. The molecule has 1 aromatic rings. The van der Waals surface area contributed by atoms with Crippen molar-refractivity contribution in [3.8, 4) is 0 Å². The molecule has 0 radical (unpaired) electrons. The van der Waals surface area contributed by atoms with Crippen molar-refractivity contribution in [2.24, 2.45) is 0 Å². The smallest absolute Gasteiger partial charge is 0.167 e. The molecule has 1 nitrogen and oxygen atoms in total. The highest BCUT2D eigenvalue weighted by Gasteiger charge is 2.12. The van der Waals surface area contributed by atoms with Gasteiger partial charge in [-0.05, 0) is 19.4 Å². The normalized spacial score (nSPS) is 10.7. The molecule has 0 atom stereocenters. The van der Waals surface area contributed by atoms with Gasteiger partial charge in [0.25, 0.3) is 0 Å². The Morgan fingerprint density at radius 1 is 1.27 bits per heavy atom. The summed E-state index contributed by atoms with van der Waals surface area (Å²) in [7, 11) is 1.00. The first-order chi connectivity index (χ1) is 7.07. The molecule has 0 amide bonds. The molecule has 1 rings (SSSR count). The van der Waals surface area contributed by atoms with Gasteiger partial charge in [-0.25, -0.2) is 8.78 Å². The Morgan fingerprint density at radius 3 is 2.27 bits per heavy atom. The second-order valence-corrected chi connectivity index (χ2v) is 3.10. The van der Waals surface area contributed by atoms with E-state index in [-0.39, 0.29) is 16.2 Å². The average molecular weight is 235 g/mol. The van der Waals surface area contributed by atoms with E-state index in [1.54, 1.807) is 6.92 Å². The van der Waals surface area contributed by atoms with E-state index in [4.69, 9.17) is 16.7 Å². The number of benzene rings is 1. The van der Waals surface area contributed by atoms with Crippen molar-refractivity contribution >= 4 is 16.6 Å². The molecule has 15 heavy (non-hydrogen) atoms. The van der Waals surface area contributed by atoms with Crippen LogP contribution in [0, 0.1) is 18.6 Å². The zero-order chi connectivity index (χ0) is 12.0. The van der Waals surface area contributed by atoms with Gasteiger partial charge in [-0.2, -0.15) is 0 Å². The first kappa shape index (κ1) is 14.1. The van der Waals surface area contributed by atoms with Crippen LogP contribution in [0.3, 0.4) is 0 Å². The van der Waals surface area contributed by atoms with Crippen molar-refractivity contribution in [2.45, 2.75) is 13.8 Å². The Hall–Kier alpha value is -0.930. The average Bonchev–Trinajstić information content (AvgIpc) is 2.28. The predicted molar refractivity (Wildman–Crippen MR) is 58.7 cm³/mol. The van der Waals surface area contributed by atoms with Crippen molar-refractivity contribution in [1.29, 1.82) is 0 Å². The van der Waals surface area contributed by atoms with Gasteiger partial charge in [-0.3, -0.25) is 0 Å². The summed E-state index contributed by atoms with van der Waals surface area (Å²) in [4.78, 5) is 0. The molecule has 0 heterocycles.